The summed E-state index contributed by atoms with van der Waals surface area (Å²) in [4.78, 5) is 8.73. The number of aromatic nitrogens is 2. The topological polar surface area (TPSA) is 111 Å². The Hall–Kier alpha value is -1.44. The highest BCUT2D eigenvalue weighted by Gasteiger charge is 2.28. The van der Waals surface area contributed by atoms with Crippen LogP contribution in [-0.4, -0.2) is 57.2 Å². The number of rotatable bonds is 8. The molecule has 0 amide bonds. The number of aliphatic hydroxyl groups excluding tert-OH is 3. The second-order valence-corrected chi connectivity index (χ2v) is 5.06. The summed E-state index contributed by atoms with van der Waals surface area (Å²) in [6, 6.07) is 1.69. The first-order chi connectivity index (χ1) is 9.50. The molecule has 0 aromatic carbocycles. The van der Waals surface area contributed by atoms with E-state index in [1.807, 2.05) is 20.8 Å². The van der Waals surface area contributed by atoms with E-state index in [0.29, 0.717) is 17.5 Å². The van der Waals surface area contributed by atoms with Crippen LogP contribution < -0.4 is 10.6 Å². The molecule has 20 heavy (non-hydrogen) atoms. The summed E-state index contributed by atoms with van der Waals surface area (Å²) in [7, 11) is 0. The first kappa shape index (κ1) is 16.6. The molecular formula is C13H24N4O3. The first-order valence-electron chi connectivity index (χ1n) is 6.74. The second kappa shape index (κ2) is 7.37. The molecule has 7 nitrogen and oxygen atoms in total. The van der Waals surface area contributed by atoms with Gasteiger partial charge in [0.25, 0.3) is 0 Å². The van der Waals surface area contributed by atoms with Gasteiger partial charge in [-0.2, -0.15) is 0 Å². The summed E-state index contributed by atoms with van der Waals surface area (Å²) in [6.45, 7) is 5.42. The van der Waals surface area contributed by atoms with Gasteiger partial charge >= 0.3 is 0 Å². The van der Waals surface area contributed by atoms with Gasteiger partial charge in [0.15, 0.2) is 0 Å². The molecule has 7 heteroatoms. The Bertz CT molecular complexity index is 414. The second-order valence-electron chi connectivity index (χ2n) is 5.06. The number of aliphatic hydroxyl groups is 3. The molecule has 0 radical (unpaired) electrons. The maximum Gasteiger partial charge on any atom is 0.135 e. The van der Waals surface area contributed by atoms with Crippen molar-refractivity contribution < 1.29 is 15.3 Å². The summed E-state index contributed by atoms with van der Waals surface area (Å²) in [5, 5.41) is 34.0. The zero-order valence-corrected chi connectivity index (χ0v) is 12.2. The van der Waals surface area contributed by atoms with E-state index in [-0.39, 0.29) is 5.92 Å². The molecule has 0 atom stereocenters. The number of nitrogens with zero attached hydrogens (tertiary/aromatic N) is 2. The Morgan fingerprint density at radius 1 is 1.10 bits per heavy atom. The van der Waals surface area contributed by atoms with Gasteiger partial charge in [0, 0.05) is 18.5 Å². The van der Waals surface area contributed by atoms with Gasteiger partial charge < -0.3 is 26.0 Å². The molecule has 1 rings (SSSR count). The monoisotopic (exact) mass is 284 g/mol. The summed E-state index contributed by atoms with van der Waals surface area (Å²) in [5.41, 5.74) is -1.20. The summed E-state index contributed by atoms with van der Waals surface area (Å²) in [6.07, 6.45) is 0. The van der Waals surface area contributed by atoms with Gasteiger partial charge in [-0.05, 0) is 6.92 Å². The van der Waals surface area contributed by atoms with E-state index < -0.39 is 25.4 Å². The van der Waals surface area contributed by atoms with Crippen molar-refractivity contribution in [1.82, 2.24) is 9.97 Å². The fraction of sp³-hybridized carbons (Fsp3) is 0.692. The maximum absolute atomic E-state index is 9.35. The van der Waals surface area contributed by atoms with E-state index in [0.717, 1.165) is 6.54 Å². The van der Waals surface area contributed by atoms with Gasteiger partial charge in [0.2, 0.25) is 0 Å². The standard InChI is InChI=1S/C13H24N4O3/c1-4-14-10-5-11(16-12(15-10)9(2)3)17-13(6-18,7-19)8-20/h5,9,18-20H,4,6-8H2,1-3H3,(H2,14,15,16,17). The quantitative estimate of drug-likeness (QED) is 0.462. The Balaban J connectivity index is 3.09. The Morgan fingerprint density at radius 2 is 1.65 bits per heavy atom. The van der Waals surface area contributed by atoms with Crippen molar-refractivity contribution in [3.05, 3.63) is 11.9 Å². The maximum atomic E-state index is 9.35. The largest absolute Gasteiger partial charge is 0.394 e. The van der Waals surface area contributed by atoms with Crippen molar-refractivity contribution in [2.24, 2.45) is 0 Å². The Kier molecular flexibility index (Phi) is 6.12. The van der Waals surface area contributed by atoms with Crippen molar-refractivity contribution in [3.63, 3.8) is 0 Å². The highest BCUT2D eigenvalue weighted by Crippen LogP contribution is 2.20. The number of anilines is 2. The van der Waals surface area contributed by atoms with Crippen LogP contribution in [0.3, 0.4) is 0 Å². The van der Waals surface area contributed by atoms with Gasteiger partial charge in [-0.15, -0.1) is 0 Å². The molecule has 0 aliphatic heterocycles. The number of nitrogens with one attached hydrogen (secondary N) is 2. The first-order valence-corrected chi connectivity index (χ1v) is 6.74. The van der Waals surface area contributed by atoms with Gasteiger partial charge in [0.05, 0.1) is 19.8 Å². The van der Waals surface area contributed by atoms with Crippen molar-refractivity contribution in [2.75, 3.05) is 37.0 Å². The molecule has 1 heterocycles. The molecular weight excluding hydrogens is 260 g/mol. The number of hydrogen-bond acceptors (Lipinski definition) is 7. The SMILES string of the molecule is CCNc1cc(NC(CO)(CO)CO)nc(C(C)C)n1. The average Bonchev–Trinajstić information content (AvgIpc) is 2.45. The van der Waals surface area contributed by atoms with Crippen LogP contribution in [0.15, 0.2) is 6.07 Å². The van der Waals surface area contributed by atoms with Crippen LogP contribution in [0.4, 0.5) is 11.6 Å². The molecule has 0 unspecified atom stereocenters. The lowest BCUT2D eigenvalue weighted by Crippen LogP contribution is -2.49. The predicted molar refractivity (Wildman–Crippen MR) is 77.9 cm³/mol. The fourth-order valence-corrected chi connectivity index (χ4v) is 1.60. The van der Waals surface area contributed by atoms with Crippen LogP contribution in [0.1, 0.15) is 32.5 Å². The van der Waals surface area contributed by atoms with E-state index in [2.05, 4.69) is 20.6 Å². The summed E-state index contributed by atoms with van der Waals surface area (Å²) in [5.74, 6) is 1.91. The van der Waals surface area contributed by atoms with Crippen molar-refractivity contribution in [2.45, 2.75) is 32.2 Å². The van der Waals surface area contributed by atoms with Gasteiger partial charge in [0.1, 0.15) is 23.0 Å². The lowest BCUT2D eigenvalue weighted by atomic mass is 10.0. The zero-order valence-electron chi connectivity index (χ0n) is 12.2. The summed E-state index contributed by atoms with van der Waals surface area (Å²) >= 11 is 0. The third-order valence-electron chi connectivity index (χ3n) is 2.92. The van der Waals surface area contributed by atoms with Gasteiger partial charge in [-0.1, -0.05) is 13.8 Å². The van der Waals surface area contributed by atoms with Gasteiger partial charge in [-0.3, -0.25) is 0 Å². The predicted octanol–water partition coefficient (Wildman–Crippen LogP) is 0.159. The average molecular weight is 284 g/mol. The number of hydrogen-bond donors (Lipinski definition) is 5. The molecule has 1 aromatic heterocycles. The molecule has 1 aromatic rings. The molecule has 0 saturated carbocycles. The van der Waals surface area contributed by atoms with Crippen molar-refractivity contribution in [1.29, 1.82) is 0 Å². The highest BCUT2D eigenvalue weighted by atomic mass is 16.3. The lowest BCUT2D eigenvalue weighted by molar-refractivity contribution is 0.0831. The van der Waals surface area contributed by atoms with E-state index >= 15 is 0 Å². The third kappa shape index (κ3) is 4.03. The minimum absolute atomic E-state index is 0.140. The molecule has 0 spiro atoms. The minimum Gasteiger partial charge on any atom is -0.394 e. The molecule has 0 fully saturated rings. The van der Waals surface area contributed by atoms with E-state index in [1.54, 1.807) is 6.07 Å². The molecule has 0 aliphatic rings. The Morgan fingerprint density at radius 3 is 2.10 bits per heavy atom. The van der Waals surface area contributed by atoms with Crippen LogP contribution in [0.2, 0.25) is 0 Å². The minimum atomic E-state index is -1.20. The van der Waals surface area contributed by atoms with Crippen molar-refractivity contribution >= 4 is 11.6 Å². The highest BCUT2D eigenvalue weighted by molar-refractivity contribution is 5.49. The van der Waals surface area contributed by atoms with Gasteiger partial charge in [-0.25, -0.2) is 9.97 Å². The normalized spacial score (nSPS) is 11.8. The smallest absolute Gasteiger partial charge is 0.135 e. The molecule has 114 valence electrons. The van der Waals surface area contributed by atoms with E-state index in [4.69, 9.17) is 0 Å². The molecule has 0 saturated heterocycles. The van der Waals surface area contributed by atoms with Crippen LogP contribution in [0, 0.1) is 0 Å². The fourth-order valence-electron chi connectivity index (χ4n) is 1.60. The van der Waals surface area contributed by atoms with Crippen LogP contribution in [0.25, 0.3) is 0 Å². The Labute approximate surface area is 119 Å². The summed E-state index contributed by atoms with van der Waals surface area (Å²) < 4.78 is 0. The van der Waals surface area contributed by atoms with Crippen LogP contribution in [-0.2, 0) is 0 Å². The lowest BCUT2D eigenvalue weighted by Gasteiger charge is -2.29. The van der Waals surface area contributed by atoms with E-state index in [9.17, 15) is 15.3 Å². The van der Waals surface area contributed by atoms with Crippen LogP contribution >= 0.6 is 0 Å². The van der Waals surface area contributed by atoms with Crippen molar-refractivity contribution in [3.8, 4) is 0 Å². The molecule has 0 aliphatic carbocycles. The third-order valence-corrected chi connectivity index (χ3v) is 2.92. The zero-order chi connectivity index (χ0) is 15.2. The molecule has 0 bridgehead atoms. The van der Waals surface area contributed by atoms with E-state index in [1.165, 1.54) is 0 Å². The molecule has 5 N–H and O–H groups in total. The van der Waals surface area contributed by atoms with Crippen LogP contribution in [0.5, 0.6) is 0 Å².